The largest absolute Gasteiger partial charge is 0 e. The normalized spacial score (nSPS) is 0.600. The van der Waals surface area contributed by atoms with Crippen LogP contribution in [0.5, 0.6) is 0 Å². The Morgan fingerprint density at radius 2 is 0.500 bits per heavy atom. The monoisotopic (exact) mass is 235 g/mol. The van der Waals surface area contributed by atoms with Gasteiger partial charge in [0.05, 0.1) is 0 Å². The van der Waals surface area contributed by atoms with Gasteiger partial charge in [0.25, 0.3) is 0 Å². The van der Waals surface area contributed by atoms with Gasteiger partial charge in [-0.05, 0) is 0 Å². The maximum atomic E-state index is 7.50. The van der Waals surface area contributed by atoms with Crippen LogP contribution >= 0.6 is 0 Å². The SMILES string of the molecule is O.O.O.[C-]#[O+].[C-]#[O+].[C-]#[O+].[Tc]. The second kappa shape index (κ2) is 8360. The van der Waals surface area contributed by atoms with Crippen molar-refractivity contribution in [2.24, 2.45) is 0 Å². The summed E-state index contributed by atoms with van der Waals surface area (Å²) in [5.74, 6) is 0. The molecule has 7 heteroatoms. The first-order valence-corrected chi connectivity index (χ1v) is 0.612. The molecule has 61 valence electrons. The van der Waals surface area contributed by atoms with E-state index in [0.29, 0.717) is 0 Å². The van der Waals surface area contributed by atoms with Crippen molar-refractivity contribution >= 4 is 0 Å². The van der Waals surface area contributed by atoms with Crippen molar-refractivity contribution < 1.29 is 50.5 Å². The first kappa shape index (κ1) is 98.7. The third-order valence-corrected chi connectivity index (χ3v) is 0. The molecule has 1 radical (unpaired) electrons. The van der Waals surface area contributed by atoms with Gasteiger partial charge in [-0.25, -0.2) is 0 Å². The summed E-state index contributed by atoms with van der Waals surface area (Å²) in [6, 6.07) is 0. The van der Waals surface area contributed by atoms with E-state index in [1.54, 1.807) is 0 Å². The van der Waals surface area contributed by atoms with Crippen molar-refractivity contribution in [1.82, 2.24) is 0 Å². The standard InChI is InChI=1S/3CO.3H2O.Tc/c3*1-2;;;;/h;;;3*1H2;. The quantitative estimate of drug-likeness (QED) is 0.320. The topological polar surface area (TPSA) is 154 Å². The van der Waals surface area contributed by atoms with Gasteiger partial charge in [0, 0.05) is 20.1 Å². The molecule has 0 amide bonds. The third-order valence-electron chi connectivity index (χ3n) is 0. The maximum absolute atomic E-state index is 7.50. The van der Waals surface area contributed by atoms with Crippen LogP contribution in [0.1, 0.15) is 0 Å². The molecule has 0 bridgehead atoms. The molecule has 0 saturated heterocycles. The van der Waals surface area contributed by atoms with Crippen molar-refractivity contribution in [2.75, 3.05) is 0 Å². The predicted octanol–water partition coefficient (Wildman–Crippen LogP) is -2.59. The fourth-order valence-corrected chi connectivity index (χ4v) is 0. The summed E-state index contributed by atoms with van der Waals surface area (Å²) in [4.78, 5) is 0. The Kier molecular flexibility index (Phi) is 82600. The van der Waals surface area contributed by atoms with E-state index in [0.717, 1.165) is 0 Å². The van der Waals surface area contributed by atoms with Crippen LogP contribution < -0.4 is 0 Å². The maximum Gasteiger partial charge on any atom is 0 e. The summed E-state index contributed by atoms with van der Waals surface area (Å²) in [5, 5.41) is 0. The Morgan fingerprint density at radius 1 is 0.500 bits per heavy atom. The smallest absolute Gasteiger partial charge is 0 e. The average molecular weight is 236 g/mol. The number of hydrogen-bond acceptors (Lipinski definition) is 0. The van der Waals surface area contributed by atoms with Crippen LogP contribution in [0.3, 0.4) is 0 Å². The summed E-state index contributed by atoms with van der Waals surface area (Å²) in [5.41, 5.74) is 0. The van der Waals surface area contributed by atoms with Crippen molar-refractivity contribution in [1.29, 1.82) is 0 Å². The zero-order chi connectivity index (χ0) is 6.00. The Bertz CT molecular complexity index is 41.5. The summed E-state index contributed by atoms with van der Waals surface area (Å²) in [6.07, 6.45) is 0. The van der Waals surface area contributed by atoms with Crippen LogP contribution in [-0.2, 0) is 34.1 Å². The zero-order valence-corrected chi connectivity index (χ0v) is 6.46. The molecule has 10 heavy (non-hydrogen) atoms. The molecule has 0 aliphatic carbocycles. The van der Waals surface area contributed by atoms with E-state index in [4.69, 9.17) is 14.0 Å². The fraction of sp³-hybridized carbons (Fsp3) is 0. The Hall–Kier alpha value is -0.251. The summed E-state index contributed by atoms with van der Waals surface area (Å²) in [7, 11) is 0. The van der Waals surface area contributed by atoms with Gasteiger partial charge in [0.2, 0.25) is 0 Å². The number of hydrogen-bond donors (Lipinski definition) is 0. The Balaban J connectivity index is -0.00000000225. The minimum atomic E-state index is 0. The summed E-state index contributed by atoms with van der Waals surface area (Å²) in [6.45, 7) is 13.5. The molecule has 0 aromatic carbocycles. The molecular weight excluding hydrogens is 230 g/mol. The number of rotatable bonds is 0. The molecule has 6 N–H and O–H groups in total. The van der Waals surface area contributed by atoms with E-state index in [2.05, 4.69) is 20.0 Å². The summed E-state index contributed by atoms with van der Waals surface area (Å²) < 4.78 is 22.5. The first-order chi connectivity index (χ1) is 3.00. The van der Waals surface area contributed by atoms with Crippen molar-refractivity contribution in [3.05, 3.63) is 20.0 Å². The second-order valence-corrected chi connectivity index (χ2v) is 0. The molecule has 0 spiro atoms. The van der Waals surface area contributed by atoms with Gasteiger partial charge in [0.15, 0.2) is 0 Å². The van der Waals surface area contributed by atoms with E-state index < -0.39 is 0 Å². The molecule has 0 fully saturated rings. The minimum Gasteiger partial charge on any atom is 0 e. The van der Waals surface area contributed by atoms with Gasteiger partial charge in [-0.2, -0.15) is 0 Å². The molecule has 0 aliphatic rings. The average Bonchev–Trinajstić information content (AvgIpc) is 1.81. The van der Waals surface area contributed by atoms with Crippen molar-refractivity contribution in [3.63, 3.8) is 0 Å². The van der Waals surface area contributed by atoms with Gasteiger partial charge in [-0.1, -0.05) is 0 Å². The minimum absolute atomic E-state index is 0. The van der Waals surface area contributed by atoms with Crippen LogP contribution in [0, 0.1) is 20.0 Å². The van der Waals surface area contributed by atoms with Gasteiger partial charge in [-0.3, -0.25) is 0 Å². The molecular formula is C3H6O6Tc. The van der Waals surface area contributed by atoms with E-state index in [1.165, 1.54) is 0 Å². The molecule has 0 heterocycles. The molecule has 0 aliphatic heterocycles. The Labute approximate surface area is 71.0 Å². The predicted molar refractivity (Wildman–Crippen MR) is 22.6 cm³/mol. The Morgan fingerprint density at radius 3 is 0.500 bits per heavy atom. The van der Waals surface area contributed by atoms with Crippen LogP contribution in [-0.4, -0.2) is 16.4 Å². The molecule has 0 saturated carbocycles. The van der Waals surface area contributed by atoms with Crippen molar-refractivity contribution in [3.8, 4) is 0 Å². The van der Waals surface area contributed by atoms with E-state index in [1.807, 2.05) is 0 Å². The molecule has 0 rings (SSSR count). The molecule has 6 nitrogen and oxygen atoms in total. The van der Waals surface area contributed by atoms with Crippen LogP contribution in [0.4, 0.5) is 0 Å². The first-order valence-electron chi connectivity index (χ1n) is 0.612. The molecule has 0 atom stereocenters. The van der Waals surface area contributed by atoms with Crippen LogP contribution in [0.25, 0.3) is 0 Å². The van der Waals surface area contributed by atoms with Crippen molar-refractivity contribution in [2.45, 2.75) is 0 Å². The van der Waals surface area contributed by atoms with Gasteiger partial charge < -0.3 is 16.4 Å². The van der Waals surface area contributed by atoms with E-state index in [-0.39, 0.29) is 36.5 Å². The summed E-state index contributed by atoms with van der Waals surface area (Å²) >= 11 is 0. The van der Waals surface area contributed by atoms with E-state index in [9.17, 15) is 0 Å². The molecule has 0 unspecified atom stereocenters. The van der Waals surface area contributed by atoms with Gasteiger partial charge >= 0.3 is 33.9 Å². The van der Waals surface area contributed by atoms with Crippen LogP contribution in [0.15, 0.2) is 0 Å². The fourth-order valence-electron chi connectivity index (χ4n) is 0. The molecule has 0 aromatic heterocycles. The molecule has 0 aromatic rings. The van der Waals surface area contributed by atoms with Crippen LogP contribution in [0.2, 0.25) is 0 Å². The second-order valence-electron chi connectivity index (χ2n) is 0. The van der Waals surface area contributed by atoms with Gasteiger partial charge in [0.1, 0.15) is 0 Å². The van der Waals surface area contributed by atoms with Gasteiger partial charge in [-0.15, -0.1) is 0 Å². The zero-order valence-electron chi connectivity index (χ0n) is 4.60. The van der Waals surface area contributed by atoms with E-state index >= 15 is 0 Å². The third kappa shape index (κ3) is 5620.